The Labute approximate surface area is 60.8 Å². The minimum atomic E-state index is 0.771. The van der Waals surface area contributed by atoms with Crippen LogP contribution in [0.1, 0.15) is 19.3 Å². The third-order valence-electron chi connectivity index (χ3n) is 2.63. The Morgan fingerprint density at radius 3 is 2.67 bits per heavy atom. The summed E-state index contributed by atoms with van der Waals surface area (Å²) in [6, 6.07) is 1.59. The summed E-state index contributed by atoms with van der Waals surface area (Å²) in [5.41, 5.74) is 0. The van der Waals surface area contributed by atoms with Gasteiger partial charge in [-0.25, -0.2) is 0 Å². The molecular weight excluding hydrogens is 134 g/mol. The Morgan fingerprint density at radius 1 is 1.44 bits per heavy atom. The van der Waals surface area contributed by atoms with Gasteiger partial charge < -0.3 is 5.32 Å². The van der Waals surface area contributed by atoms with E-state index in [1.807, 2.05) is 0 Å². The van der Waals surface area contributed by atoms with Gasteiger partial charge in [-0.3, -0.25) is 0 Å². The summed E-state index contributed by atoms with van der Waals surface area (Å²) in [6.07, 6.45) is 4.08. The molecule has 0 aromatic heterocycles. The van der Waals surface area contributed by atoms with E-state index in [-0.39, 0.29) is 0 Å². The standard InChI is InChI=1S/C7H12ClN/c8-4-5-3-6-1-2-7(5)9-6/h5-7,9H,1-4H2. The zero-order valence-electron chi connectivity index (χ0n) is 5.44. The molecule has 0 spiro atoms. The van der Waals surface area contributed by atoms with E-state index in [0.29, 0.717) is 0 Å². The van der Waals surface area contributed by atoms with Crippen LogP contribution >= 0.6 is 11.6 Å². The molecule has 2 saturated heterocycles. The van der Waals surface area contributed by atoms with Crippen LogP contribution in [-0.2, 0) is 0 Å². The van der Waals surface area contributed by atoms with E-state index in [9.17, 15) is 0 Å². The molecule has 1 N–H and O–H groups in total. The van der Waals surface area contributed by atoms with Crippen molar-refractivity contribution < 1.29 is 0 Å². The Bertz CT molecular complexity index is 115. The lowest BCUT2D eigenvalue weighted by Gasteiger charge is -2.15. The summed E-state index contributed by atoms with van der Waals surface area (Å²) < 4.78 is 0. The van der Waals surface area contributed by atoms with Gasteiger partial charge in [-0.1, -0.05) is 0 Å². The molecule has 1 nitrogen and oxygen atoms in total. The van der Waals surface area contributed by atoms with E-state index >= 15 is 0 Å². The van der Waals surface area contributed by atoms with Crippen LogP contribution in [0, 0.1) is 5.92 Å². The van der Waals surface area contributed by atoms with Crippen LogP contribution in [0.2, 0.25) is 0 Å². The van der Waals surface area contributed by atoms with Crippen LogP contribution in [0.25, 0.3) is 0 Å². The Kier molecular flexibility index (Phi) is 1.42. The van der Waals surface area contributed by atoms with Crippen LogP contribution in [-0.4, -0.2) is 18.0 Å². The summed E-state index contributed by atoms with van der Waals surface area (Å²) >= 11 is 5.76. The molecule has 0 aromatic rings. The lowest BCUT2D eigenvalue weighted by atomic mass is 9.91. The summed E-state index contributed by atoms with van der Waals surface area (Å²) in [5.74, 6) is 1.64. The first-order valence-corrected chi connectivity index (χ1v) is 4.25. The molecule has 2 fully saturated rings. The van der Waals surface area contributed by atoms with Crippen molar-refractivity contribution in [1.82, 2.24) is 5.32 Å². The molecule has 2 heterocycles. The maximum absolute atomic E-state index is 5.76. The van der Waals surface area contributed by atoms with Gasteiger partial charge in [-0.2, -0.15) is 0 Å². The third-order valence-corrected chi connectivity index (χ3v) is 3.03. The molecule has 0 amide bonds. The maximum atomic E-state index is 5.76. The second kappa shape index (κ2) is 2.14. The summed E-state index contributed by atoms with van der Waals surface area (Å²) in [6.45, 7) is 0. The molecular formula is C7H12ClN. The predicted octanol–water partition coefficient (Wildman–Crippen LogP) is 1.37. The second-order valence-corrected chi connectivity index (χ2v) is 3.51. The van der Waals surface area contributed by atoms with Gasteiger partial charge in [0.15, 0.2) is 0 Å². The number of rotatable bonds is 1. The number of alkyl halides is 1. The van der Waals surface area contributed by atoms with E-state index < -0.39 is 0 Å². The second-order valence-electron chi connectivity index (χ2n) is 3.20. The highest BCUT2D eigenvalue weighted by molar-refractivity contribution is 6.18. The molecule has 0 radical (unpaired) electrons. The molecule has 52 valence electrons. The van der Waals surface area contributed by atoms with Crippen molar-refractivity contribution in [2.24, 2.45) is 5.92 Å². The van der Waals surface area contributed by atoms with E-state index in [4.69, 9.17) is 11.6 Å². The Hall–Kier alpha value is 0.250. The van der Waals surface area contributed by atoms with E-state index in [1.54, 1.807) is 0 Å². The molecule has 2 heteroatoms. The largest absolute Gasteiger partial charge is 0.311 e. The summed E-state index contributed by atoms with van der Waals surface area (Å²) in [7, 11) is 0. The zero-order chi connectivity index (χ0) is 6.27. The van der Waals surface area contributed by atoms with Gasteiger partial charge in [0.25, 0.3) is 0 Å². The highest BCUT2D eigenvalue weighted by Gasteiger charge is 2.37. The van der Waals surface area contributed by atoms with Crippen molar-refractivity contribution in [1.29, 1.82) is 0 Å². The molecule has 3 unspecified atom stereocenters. The van der Waals surface area contributed by atoms with Gasteiger partial charge >= 0.3 is 0 Å². The smallest absolute Gasteiger partial charge is 0.0267 e. The molecule has 0 aromatic carbocycles. The maximum Gasteiger partial charge on any atom is 0.0267 e. The number of hydrogen-bond donors (Lipinski definition) is 1. The first kappa shape index (κ1) is 5.99. The minimum absolute atomic E-state index is 0.771. The predicted molar refractivity (Wildman–Crippen MR) is 38.8 cm³/mol. The topological polar surface area (TPSA) is 12.0 Å². The summed E-state index contributed by atoms with van der Waals surface area (Å²) in [4.78, 5) is 0. The molecule has 2 aliphatic heterocycles. The lowest BCUT2D eigenvalue weighted by Crippen LogP contribution is -2.23. The number of nitrogens with one attached hydrogen (secondary N) is 1. The number of hydrogen-bond acceptors (Lipinski definition) is 1. The highest BCUT2D eigenvalue weighted by Crippen LogP contribution is 2.33. The SMILES string of the molecule is ClCC1CC2CCC1N2. The van der Waals surface area contributed by atoms with E-state index in [1.165, 1.54) is 19.3 Å². The Morgan fingerprint density at radius 2 is 2.33 bits per heavy atom. The van der Waals surface area contributed by atoms with Crippen LogP contribution in [0.3, 0.4) is 0 Å². The molecule has 0 aliphatic carbocycles. The van der Waals surface area contributed by atoms with Gasteiger partial charge in [0, 0.05) is 18.0 Å². The number of halogens is 1. The first-order chi connectivity index (χ1) is 4.40. The van der Waals surface area contributed by atoms with Crippen molar-refractivity contribution in [3.8, 4) is 0 Å². The van der Waals surface area contributed by atoms with Crippen LogP contribution in [0.5, 0.6) is 0 Å². The van der Waals surface area contributed by atoms with Crippen molar-refractivity contribution >= 4 is 11.6 Å². The van der Waals surface area contributed by atoms with E-state index in [2.05, 4.69) is 5.32 Å². The van der Waals surface area contributed by atoms with Crippen molar-refractivity contribution in [3.63, 3.8) is 0 Å². The van der Waals surface area contributed by atoms with E-state index in [0.717, 1.165) is 23.9 Å². The molecule has 2 rings (SSSR count). The van der Waals surface area contributed by atoms with Crippen molar-refractivity contribution in [3.05, 3.63) is 0 Å². The molecule has 9 heavy (non-hydrogen) atoms. The van der Waals surface area contributed by atoms with Gasteiger partial charge in [0.1, 0.15) is 0 Å². The van der Waals surface area contributed by atoms with Gasteiger partial charge in [-0.05, 0) is 25.2 Å². The fourth-order valence-corrected chi connectivity index (χ4v) is 2.45. The first-order valence-electron chi connectivity index (χ1n) is 3.72. The van der Waals surface area contributed by atoms with Crippen molar-refractivity contribution in [2.45, 2.75) is 31.3 Å². The normalized spacial score (nSPS) is 48.3. The average Bonchev–Trinajstić information content (AvgIpc) is 2.45. The Balaban J connectivity index is 2.01. The van der Waals surface area contributed by atoms with Crippen LogP contribution < -0.4 is 5.32 Å². The van der Waals surface area contributed by atoms with Gasteiger partial charge in [-0.15, -0.1) is 11.6 Å². The van der Waals surface area contributed by atoms with Gasteiger partial charge in [0.05, 0.1) is 0 Å². The fraction of sp³-hybridized carbons (Fsp3) is 1.00. The van der Waals surface area contributed by atoms with Crippen LogP contribution in [0.15, 0.2) is 0 Å². The molecule has 2 bridgehead atoms. The highest BCUT2D eigenvalue weighted by atomic mass is 35.5. The van der Waals surface area contributed by atoms with Crippen molar-refractivity contribution in [2.75, 3.05) is 5.88 Å². The third kappa shape index (κ3) is 0.870. The number of fused-ring (bicyclic) bond motifs is 2. The van der Waals surface area contributed by atoms with Gasteiger partial charge in [0.2, 0.25) is 0 Å². The molecule has 2 aliphatic rings. The zero-order valence-corrected chi connectivity index (χ0v) is 6.19. The molecule has 0 saturated carbocycles. The lowest BCUT2D eigenvalue weighted by molar-refractivity contribution is 0.444. The van der Waals surface area contributed by atoms with Crippen LogP contribution in [0.4, 0.5) is 0 Å². The molecule has 3 atom stereocenters. The monoisotopic (exact) mass is 145 g/mol. The fourth-order valence-electron chi connectivity index (χ4n) is 2.11. The minimum Gasteiger partial charge on any atom is -0.311 e. The summed E-state index contributed by atoms with van der Waals surface area (Å²) in [5, 5.41) is 3.54. The quantitative estimate of drug-likeness (QED) is 0.550. The average molecular weight is 146 g/mol.